The van der Waals surface area contributed by atoms with Crippen LogP contribution in [0.2, 0.25) is 0 Å². The Morgan fingerprint density at radius 2 is 2.24 bits per heavy atom. The molecule has 132 valence electrons. The van der Waals surface area contributed by atoms with Gasteiger partial charge < -0.3 is 10.6 Å². The van der Waals surface area contributed by atoms with Crippen LogP contribution in [0.1, 0.15) is 41.0 Å². The van der Waals surface area contributed by atoms with Gasteiger partial charge in [-0.15, -0.1) is 0 Å². The predicted octanol–water partition coefficient (Wildman–Crippen LogP) is 2.23. The van der Waals surface area contributed by atoms with Gasteiger partial charge in [0.25, 0.3) is 5.91 Å². The summed E-state index contributed by atoms with van der Waals surface area (Å²) in [5, 5.41) is 10.8. The fraction of sp³-hybridized carbons (Fsp3) is 0.474. The lowest BCUT2D eigenvalue weighted by Gasteiger charge is -2.09. The zero-order chi connectivity index (χ0) is 17.2. The number of carbonyl (C=O) groups excluding carboxylic acids is 1. The summed E-state index contributed by atoms with van der Waals surface area (Å²) < 4.78 is 15.8. The second-order valence-corrected chi connectivity index (χ2v) is 6.89. The highest BCUT2D eigenvalue weighted by atomic mass is 19.1. The number of halogens is 1. The zero-order valence-electron chi connectivity index (χ0n) is 14.2. The lowest BCUT2D eigenvalue weighted by molar-refractivity contribution is 0.0945. The minimum atomic E-state index is -0.319. The number of amides is 1. The molecule has 0 saturated carbocycles. The number of fused-ring (bicyclic) bond motifs is 1. The Labute approximate surface area is 146 Å². The molecule has 1 unspecified atom stereocenters. The van der Waals surface area contributed by atoms with Crippen molar-refractivity contribution >= 4 is 5.91 Å². The molecule has 5 nitrogen and oxygen atoms in total. The quantitative estimate of drug-likeness (QED) is 0.876. The molecule has 25 heavy (non-hydrogen) atoms. The van der Waals surface area contributed by atoms with Crippen LogP contribution in [0.25, 0.3) is 5.69 Å². The van der Waals surface area contributed by atoms with Crippen molar-refractivity contribution in [1.29, 1.82) is 0 Å². The molecule has 0 spiro atoms. The molecule has 1 aliphatic heterocycles. The summed E-state index contributed by atoms with van der Waals surface area (Å²) in [7, 11) is 0. The molecule has 6 heteroatoms. The van der Waals surface area contributed by atoms with Crippen molar-refractivity contribution in [2.75, 3.05) is 19.6 Å². The van der Waals surface area contributed by atoms with Gasteiger partial charge in [-0.25, -0.2) is 9.07 Å². The van der Waals surface area contributed by atoms with E-state index in [9.17, 15) is 9.18 Å². The van der Waals surface area contributed by atoms with Gasteiger partial charge in [0.05, 0.1) is 0 Å². The number of nitrogens with zero attached hydrogens (tertiary/aromatic N) is 2. The lowest BCUT2D eigenvalue weighted by Crippen LogP contribution is -2.27. The Hall–Kier alpha value is -2.21. The Bertz CT molecular complexity index is 780. The van der Waals surface area contributed by atoms with E-state index >= 15 is 0 Å². The van der Waals surface area contributed by atoms with E-state index in [1.165, 1.54) is 12.5 Å². The van der Waals surface area contributed by atoms with Crippen LogP contribution in [0, 0.1) is 11.7 Å². The van der Waals surface area contributed by atoms with Crippen LogP contribution in [0.15, 0.2) is 24.3 Å². The van der Waals surface area contributed by atoms with Crippen LogP contribution in [0.3, 0.4) is 0 Å². The average Bonchev–Trinajstić information content (AvgIpc) is 3.33. The Kier molecular flexibility index (Phi) is 4.53. The normalized spacial score (nSPS) is 19.2. The van der Waals surface area contributed by atoms with Gasteiger partial charge in [-0.2, -0.15) is 5.10 Å². The van der Waals surface area contributed by atoms with Gasteiger partial charge in [-0.3, -0.25) is 4.79 Å². The molecule has 1 atom stereocenters. The van der Waals surface area contributed by atoms with Crippen molar-refractivity contribution in [3.05, 3.63) is 47.0 Å². The second kappa shape index (κ2) is 6.96. The lowest BCUT2D eigenvalue weighted by atomic mass is 10.1. The van der Waals surface area contributed by atoms with E-state index in [0.717, 1.165) is 50.0 Å². The molecule has 1 saturated heterocycles. The van der Waals surface area contributed by atoms with Crippen molar-refractivity contribution < 1.29 is 9.18 Å². The molecule has 0 radical (unpaired) electrons. The van der Waals surface area contributed by atoms with Crippen molar-refractivity contribution in [2.24, 2.45) is 5.92 Å². The van der Waals surface area contributed by atoms with E-state index in [1.807, 2.05) is 0 Å². The fourth-order valence-electron chi connectivity index (χ4n) is 3.88. The molecule has 1 fully saturated rings. The molecule has 1 aromatic heterocycles. The number of benzene rings is 1. The number of nitrogens with one attached hydrogen (secondary N) is 2. The molecule has 2 aromatic rings. The van der Waals surface area contributed by atoms with E-state index in [1.54, 1.807) is 22.9 Å². The highest BCUT2D eigenvalue weighted by molar-refractivity contribution is 5.94. The Morgan fingerprint density at radius 1 is 1.36 bits per heavy atom. The predicted molar refractivity (Wildman–Crippen MR) is 93.5 cm³/mol. The van der Waals surface area contributed by atoms with Crippen molar-refractivity contribution in [1.82, 2.24) is 20.4 Å². The molecule has 2 heterocycles. The smallest absolute Gasteiger partial charge is 0.272 e. The van der Waals surface area contributed by atoms with Crippen LogP contribution in [0.5, 0.6) is 0 Å². The van der Waals surface area contributed by atoms with E-state index < -0.39 is 0 Å². The third kappa shape index (κ3) is 3.18. The number of aromatic nitrogens is 2. The highest BCUT2D eigenvalue weighted by Crippen LogP contribution is 2.28. The molecule has 2 N–H and O–H groups in total. The fourth-order valence-corrected chi connectivity index (χ4v) is 3.88. The molecule has 2 aliphatic rings. The van der Waals surface area contributed by atoms with Gasteiger partial charge in [0, 0.05) is 17.8 Å². The maximum Gasteiger partial charge on any atom is 0.272 e. The molecular weight excluding hydrogens is 319 g/mol. The number of hydrogen-bond acceptors (Lipinski definition) is 3. The summed E-state index contributed by atoms with van der Waals surface area (Å²) in [5.74, 6) is 0.182. The Balaban J connectivity index is 1.53. The van der Waals surface area contributed by atoms with Crippen molar-refractivity contribution in [3.8, 4) is 5.69 Å². The molecule has 4 rings (SSSR count). The number of carbonyl (C=O) groups is 1. The Morgan fingerprint density at radius 3 is 3.04 bits per heavy atom. The topological polar surface area (TPSA) is 59.0 Å². The average molecular weight is 342 g/mol. The van der Waals surface area contributed by atoms with Gasteiger partial charge in [0.15, 0.2) is 5.69 Å². The minimum Gasteiger partial charge on any atom is -0.351 e. The number of hydrogen-bond donors (Lipinski definition) is 2. The van der Waals surface area contributed by atoms with Crippen LogP contribution >= 0.6 is 0 Å². The first-order valence-corrected chi connectivity index (χ1v) is 9.08. The molecule has 1 amide bonds. The van der Waals surface area contributed by atoms with Crippen molar-refractivity contribution in [3.63, 3.8) is 0 Å². The van der Waals surface area contributed by atoms with Gasteiger partial charge in [0.1, 0.15) is 11.5 Å². The third-order valence-electron chi connectivity index (χ3n) is 5.23. The third-order valence-corrected chi connectivity index (χ3v) is 5.23. The monoisotopic (exact) mass is 342 g/mol. The van der Waals surface area contributed by atoms with E-state index in [2.05, 4.69) is 15.7 Å². The van der Waals surface area contributed by atoms with Gasteiger partial charge in [-0.1, -0.05) is 12.1 Å². The number of rotatable bonds is 5. The van der Waals surface area contributed by atoms with Gasteiger partial charge in [0.2, 0.25) is 0 Å². The maximum absolute atomic E-state index is 14.2. The second-order valence-electron chi connectivity index (χ2n) is 6.89. The van der Waals surface area contributed by atoms with Gasteiger partial charge >= 0.3 is 0 Å². The van der Waals surface area contributed by atoms with E-state index in [0.29, 0.717) is 23.8 Å². The van der Waals surface area contributed by atoms with E-state index in [-0.39, 0.29) is 11.7 Å². The van der Waals surface area contributed by atoms with Crippen LogP contribution in [-0.4, -0.2) is 35.3 Å². The zero-order valence-corrected chi connectivity index (χ0v) is 14.2. The van der Waals surface area contributed by atoms with Crippen LogP contribution in [0.4, 0.5) is 4.39 Å². The molecule has 0 bridgehead atoms. The highest BCUT2D eigenvalue weighted by Gasteiger charge is 2.27. The van der Waals surface area contributed by atoms with Crippen LogP contribution in [-0.2, 0) is 12.8 Å². The maximum atomic E-state index is 14.2. The van der Waals surface area contributed by atoms with E-state index in [4.69, 9.17) is 0 Å². The summed E-state index contributed by atoms with van der Waals surface area (Å²) >= 11 is 0. The molecule has 1 aliphatic carbocycles. The molecule has 1 aromatic carbocycles. The first-order valence-electron chi connectivity index (χ1n) is 9.08. The van der Waals surface area contributed by atoms with Crippen LogP contribution < -0.4 is 10.6 Å². The first kappa shape index (κ1) is 16.3. The standard InChI is InChI=1S/C19H23FN4O/c20-15-5-1-2-6-17(15)24-16-7-3-4-14(16)18(23-24)19(25)22-11-9-13-8-10-21-12-13/h1-2,5-6,13,21H,3-4,7-12H2,(H,22,25). The SMILES string of the molecule is O=C(NCCC1CCNC1)c1nn(-c2ccccc2F)c2c1CCC2. The summed E-state index contributed by atoms with van der Waals surface area (Å²) in [6.45, 7) is 2.76. The number of para-hydroxylation sites is 1. The first-order chi connectivity index (χ1) is 12.2. The van der Waals surface area contributed by atoms with Gasteiger partial charge in [-0.05, 0) is 63.2 Å². The summed E-state index contributed by atoms with van der Waals surface area (Å²) in [5.41, 5.74) is 2.82. The largest absolute Gasteiger partial charge is 0.351 e. The summed E-state index contributed by atoms with van der Waals surface area (Å²) in [4.78, 5) is 12.6. The summed E-state index contributed by atoms with van der Waals surface area (Å²) in [6.07, 6.45) is 4.80. The minimum absolute atomic E-state index is 0.140. The van der Waals surface area contributed by atoms with Crippen molar-refractivity contribution in [2.45, 2.75) is 32.1 Å². The summed E-state index contributed by atoms with van der Waals surface area (Å²) in [6, 6.07) is 6.58. The molecular formula is C19H23FN4O.